The van der Waals surface area contributed by atoms with Crippen molar-refractivity contribution in [3.63, 3.8) is 0 Å². The minimum absolute atomic E-state index is 0.259. The van der Waals surface area contributed by atoms with Crippen molar-refractivity contribution in [2.45, 2.75) is 50.2 Å². The molecule has 0 aromatic carbocycles. The van der Waals surface area contributed by atoms with Gasteiger partial charge in [0.15, 0.2) is 0 Å². The lowest BCUT2D eigenvalue weighted by atomic mass is 10.1. The van der Waals surface area contributed by atoms with Crippen molar-refractivity contribution in [1.29, 1.82) is 0 Å². The number of rotatable bonds is 15. The largest absolute Gasteiger partial charge is 0.481 e. The van der Waals surface area contributed by atoms with Crippen molar-refractivity contribution in [3.8, 4) is 0 Å². The molecule has 0 aliphatic heterocycles. The normalized spacial score (nSPS) is 13.2. The zero-order valence-electron chi connectivity index (χ0n) is 16.3. The van der Waals surface area contributed by atoms with Crippen LogP contribution in [0.4, 0.5) is 0 Å². The van der Waals surface area contributed by atoms with Gasteiger partial charge in [-0.2, -0.15) is 0 Å². The molecule has 0 spiro atoms. The molecule has 0 fully saturated rings. The number of primary amides is 1. The van der Waals surface area contributed by atoms with Gasteiger partial charge in [0.05, 0.1) is 12.5 Å². The monoisotopic (exact) mass is 447 g/mol. The van der Waals surface area contributed by atoms with Crippen molar-refractivity contribution >= 4 is 41.5 Å². The molecule has 0 saturated heterocycles. The van der Waals surface area contributed by atoms with E-state index in [-0.39, 0.29) is 6.42 Å². The minimum atomic E-state index is -1.60. The molecule has 0 heterocycles. The Hall–Kier alpha value is -3.75. The summed E-state index contributed by atoms with van der Waals surface area (Å²) < 4.78 is 0. The first kappa shape index (κ1) is 27.2. The number of carbonyl (C=O) groups is 7. The molecule has 3 unspecified atom stereocenters. The van der Waals surface area contributed by atoms with Gasteiger partial charge < -0.3 is 42.7 Å². The molecule has 0 aromatic rings. The van der Waals surface area contributed by atoms with E-state index < -0.39 is 91.9 Å². The Kier molecular flexibility index (Phi) is 11.8. The Morgan fingerprint density at radius 3 is 1.71 bits per heavy atom. The molecule has 15 nitrogen and oxygen atoms in total. The smallest absolute Gasteiger partial charge is 0.322 e. The molecule has 4 amide bonds. The Bertz CT molecular complexity index is 726. The molecular weight excluding hydrogens is 422 g/mol. The maximum atomic E-state index is 12.5. The van der Waals surface area contributed by atoms with Gasteiger partial charge in [0, 0.05) is 12.8 Å². The van der Waals surface area contributed by atoms with E-state index in [9.17, 15) is 33.6 Å². The Morgan fingerprint density at radius 1 is 0.710 bits per heavy atom. The highest BCUT2D eigenvalue weighted by Gasteiger charge is 2.29. The average molecular weight is 447 g/mol. The lowest BCUT2D eigenvalue weighted by Crippen LogP contribution is -2.56. The molecule has 0 bridgehead atoms. The van der Waals surface area contributed by atoms with Crippen LogP contribution in [0.1, 0.15) is 32.1 Å². The molecule has 0 saturated carbocycles. The number of hydrogen-bond acceptors (Lipinski definition) is 8. The zero-order valence-corrected chi connectivity index (χ0v) is 16.3. The van der Waals surface area contributed by atoms with E-state index >= 15 is 0 Å². The highest BCUT2D eigenvalue weighted by atomic mass is 16.4. The van der Waals surface area contributed by atoms with Crippen LogP contribution in [-0.2, 0) is 33.6 Å². The van der Waals surface area contributed by atoms with Gasteiger partial charge in [-0.25, -0.2) is 0 Å². The van der Waals surface area contributed by atoms with Crippen LogP contribution in [-0.4, -0.2) is 81.5 Å². The maximum absolute atomic E-state index is 12.5. The molecule has 31 heavy (non-hydrogen) atoms. The molecule has 0 aliphatic rings. The minimum Gasteiger partial charge on any atom is -0.481 e. The van der Waals surface area contributed by atoms with E-state index in [4.69, 9.17) is 26.8 Å². The van der Waals surface area contributed by atoms with Crippen LogP contribution < -0.4 is 27.4 Å². The van der Waals surface area contributed by atoms with E-state index in [0.717, 1.165) is 0 Å². The first-order valence-corrected chi connectivity index (χ1v) is 8.91. The maximum Gasteiger partial charge on any atom is 0.322 e. The molecule has 0 radical (unpaired) electrons. The molecule has 3 atom stereocenters. The van der Waals surface area contributed by atoms with Crippen LogP contribution in [0.15, 0.2) is 0 Å². The Morgan fingerprint density at radius 2 is 1.23 bits per heavy atom. The summed E-state index contributed by atoms with van der Waals surface area (Å²) >= 11 is 0. The van der Waals surface area contributed by atoms with E-state index in [1.54, 1.807) is 0 Å². The molecule has 10 N–H and O–H groups in total. The van der Waals surface area contributed by atoms with Crippen LogP contribution in [0, 0.1) is 0 Å². The summed E-state index contributed by atoms with van der Waals surface area (Å²) in [7, 11) is 0. The third kappa shape index (κ3) is 12.4. The molecule has 174 valence electrons. The third-order valence-corrected chi connectivity index (χ3v) is 3.74. The van der Waals surface area contributed by atoms with Crippen molar-refractivity contribution in [3.05, 3.63) is 0 Å². The summed E-state index contributed by atoms with van der Waals surface area (Å²) in [6, 6.07) is -4.41. The number of carboxylic acids is 3. The first-order chi connectivity index (χ1) is 14.3. The number of carboxylic acid groups (broad SMARTS) is 3. The van der Waals surface area contributed by atoms with E-state index in [2.05, 4.69) is 10.6 Å². The van der Waals surface area contributed by atoms with Crippen LogP contribution in [0.2, 0.25) is 0 Å². The summed E-state index contributed by atoms with van der Waals surface area (Å²) in [6.07, 6.45) is -2.36. The van der Waals surface area contributed by atoms with E-state index in [1.807, 2.05) is 5.32 Å². The number of hydrogen-bond donors (Lipinski definition) is 8. The Labute approximate surface area is 175 Å². The summed E-state index contributed by atoms with van der Waals surface area (Å²) in [4.78, 5) is 79.8. The number of aliphatic carboxylic acids is 3. The highest BCUT2D eigenvalue weighted by Crippen LogP contribution is 2.03. The summed E-state index contributed by atoms with van der Waals surface area (Å²) in [5.41, 5.74) is 10.6. The van der Waals surface area contributed by atoms with Gasteiger partial charge in [0.2, 0.25) is 23.6 Å². The van der Waals surface area contributed by atoms with Crippen LogP contribution in [0.25, 0.3) is 0 Å². The van der Waals surface area contributed by atoms with Gasteiger partial charge in [-0.15, -0.1) is 0 Å². The van der Waals surface area contributed by atoms with Crippen molar-refractivity contribution < 1.29 is 48.9 Å². The van der Waals surface area contributed by atoms with Gasteiger partial charge in [-0.3, -0.25) is 33.6 Å². The van der Waals surface area contributed by atoms with Gasteiger partial charge in [-0.1, -0.05) is 0 Å². The molecular formula is C16H25N5O10. The summed E-state index contributed by atoms with van der Waals surface area (Å²) in [5, 5.41) is 32.2. The zero-order chi connectivity index (χ0) is 24.1. The number of carbonyl (C=O) groups excluding carboxylic acids is 4. The average Bonchev–Trinajstić information content (AvgIpc) is 2.65. The van der Waals surface area contributed by atoms with Gasteiger partial charge in [0.1, 0.15) is 18.6 Å². The van der Waals surface area contributed by atoms with E-state index in [1.165, 1.54) is 0 Å². The summed E-state index contributed by atoms with van der Waals surface area (Å²) in [5.74, 6) is -7.93. The van der Waals surface area contributed by atoms with Gasteiger partial charge in [0.25, 0.3) is 0 Å². The second-order valence-electron chi connectivity index (χ2n) is 6.38. The number of nitrogens with two attached hydrogens (primary N) is 2. The fourth-order valence-corrected chi connectivity index (χ4v) is 2.19. The fraction of sp³-hybridized carbons (Fsp3) is 0.562. The number of amides is 4. The van der Waals surface area contributed by atoms with Crippen molar-refractivity contribution in [1.82, 2.24) is 16.0 Å². The quantitative estimate of drug-likeness (QED) is 0.120. The second-order valence-corrected chi connectivity index (χ2v) is 6.38. The predicted molar refractivity (Wildman–Crippen MR) is 100 cm³/mol. The van der Waals surface area contributed by atoms with Crippen LogP contribution in [0.3, 0.4) is 0 Å². The lowest BCUT2D eigenvalue weighted by molar-refractivity contribution is -0.140. The standard InChI is InChI=1S/C16H25N5O10/c17-7(1-3-11(23)24)14(29)21-9(5-10(18)22)16(31)20-8(2-4-12(25)26)15(30)19-6-13(27)28/h7-9H,1-6,17H2,(H2,18,22)(H,19,30)(H,20,31)(H,21,29)(H,23,24)(H,25,26)(H,27,28). The van der Waals surface area contributed by atoms with Gasteiger partial charge in [-0.05, 0) is 12.8 Å². The molecule has 15 heteroatoms. The molecule has 0 rings (SSSR count). The molecule has 0 aromatic heterocycles. The topological polar surface area (TPSA) is 268 Å². The fourth-order valence-electron chi connectivity index (χ4n) is 2.19. The van der Waals surface area contributed by atoms with Crippen molar-refractivity contribution in [2.24, 2.45) is 11.5 Å². The Balaban J connectivity index is 5.29. The highest BCUT2D eigenvalue weighted by molar-refractivity contribution is 5.96. The lowest BCUT2D eigenvalue weighted by Gasteiger charge is -2.23. The third-order valence-electron chi connectivity index (χ3n) is 3.74. The second kappa shape index (κ2) is 13.5. The summed E-state index contributed by atoms with van der Waals surface area (Å²) in [6.45, 7) is -0.793. The van der Waals surface area contributed by atoms with Crippen molar-refractivity contribution in [2.75, 3.05) is 6.54 Å². The van der Waals surface area contributed by atoms with Gasteiger partial charge >= 0.3 is 17.9 Å². The number of nitrogens with one attached hydrogen (secondary N) is 3. The van der Waals surface area contributed by atoms with Crippen LogP contribution >= 0.6 is 0 Å². The first-order valence-electron chi connectivity index (χ1n) is 8.91. The SMILES string of the molecule is NC(=O)CC(NC(=O)C(N)CCC(=O)O)C(=O)NC(CCC(=O)O)C(=O)NCC(=O)O. The van der Waals surface area contributed by atoms with Crippen LogP contribution in [0.5, 0.6) is 0 Å². The molecule has 0 aliphatic carbocycles. The van der Waals surface area contributed by atoms with E-state index in [0.29, 0.717) is 0 Å². The predicted octanol–water partition coefficient (Wildman–Crippen LogP) is -3.91.